The van der Waals surface area contributed by atoms with E-state index in [4.69, 9.17) is 9.47 Å². The summed E-state index contributed by atoms with van der Waals surface area (Å²) in [6.07, 6.45) is 2.11. The van der Waals surface area contributed by atoms with Crippen molar-refractivity contribution in [1.82, 2.24) is 0 Å². The minimum Gasteiger partial charge on any atom is -0.493 e. The highest BCUT2D eigenvalue weighted by Crippen LogP contribution is 2.42. The van der Waals surface area contributed by atoms with Gasteiger partial charge in [0.1, 0.15) is 11.4 Å². The van der Waals surface area contributed by atoms with E-state index in [9.17, 15) is 4.79 Å². The molecular formula is C15H20BrNO3. The Kier molecular flexibility index (Phi) is 5.05. The molecule has 0 saturated heterocycles. The van der Waals surface area contributed by atoms with Gasteiger partial charge in [-0.3, -0.25) is 4.79 Å². The molecule has 1 aromatic rings. The molecule has 1 aliphatic carbocycles. The number of nitrogens with one attached hydrogen (secondary N) is 1. The SMILES string of the molecule is CO[C@](C)(C(=O)Nc1ccc(OCCBr)cc1)C1CC1. The van der Waals surface area contributed by atoms with E-state index < -0.39 is 5.60 Å². The fourth-order valence-electron chi connectivity index (χ4n) is 2.13. The Bertz CT molecular complexity index is 459. The van der Waals surface area contributed by atoms with Crippen LogP contribution in [0.4, 0.5) is 5.69 Å². The van der Waals surface area contributed by atoms with Gasteiger partial charge in [0, 0.05) is 18.1 Å². The molecule has 1 aromatic carbocycles. The van der Waals surface area contributed by atoms with Crippen LogP contribution in [-0.4, -0.2) is 30.6 Å². The van der Waals surface area contributed by atoms with Gasteiger partial charge < -0.3 is 14.8 Å². The van der Waals surface area contributed by atoms with E-state index in [-0.39, 0.29) is 5.91 Å². The van der Waals surface area contributed by atoms with E-state index in [1.807, 2.05) is 31.2 Å². The summed E-state index contributed by atoms with van der Waals surface area (Å²) in [7, 11) is 1.59. The molecule has 20 heavy (non-hydrogen) atoms. The summed E-state index contributed by atoms with van der Waals surface area (Å²) in [5, 5.41) is 3.70. The predicted molar refractivity (Wildman–Crippen MR) is 82.5 cm³/mol. The van der Waals surface area contributed by atoms with Crippen LogP contribution in [0.2, 0.25) is 0 Å². The Morgan fingerprint density at radius 3 is 2.55 bits per heavy atom. The normalized spacial score (nSPS) is 17.4. The average Bonchev–Trinajstić information content (AvgIpc) is 3.30. The van der Waals surface area contributed by atoms with Gasteiger partial charge in [-0.25, -0.2) is 0 Å². The van der Waals surface area contributed by atoms with Gasteiger partial charge >= 0.3 is 0 Å². The Balaban J connectivity index is 1.97. The third-order valence-electron chi connectivity index (χ3n) is 3.69. The Morgan fingerprint density at radius 1 is 1.40 bits per heavy atom. The van der Waals surface area contributed by atoms with Crippen molar-refractivity contribution in [3.05, 3.63) is 24.3 Å². The lowest BCUT2D eigenvalue weighted by atomic mass is 9.99. The van der Waals surface area contributed by atoms with E-state index in [2.05, 4.69) is 21.2 Å². The fourth-order valence-corrected chi connectivity index (χ4v) is 2.29. The minimum atomic E-state index is -0.731. The number of halogens is 1. The van der Waals surface area contributed by atoms with E-state index in [1.165, 1.54) is 0 Å². The van der Waals surface area contributed by atoms with Crippen LogP contribution in [0.3, 0.4) is 0 Å². The molecule has 1 saturated carbocycles. The number of carbonyl (C=O) groups is 1. The molecule has 1 atom stereocenters. The summed E-state index contributed by atoms with van der Waals surface area (Å²) in [6, 6.07) is 7.37. The van der Waals surface area contributed by atoms with Crippen LogP contribution in [-0.2, 0) is 9.53 Å². The van der Waals surface area contributed by atoms with Gasteiger partial charge in [-0.1, -0.05) is 15.9 Å². The van der Waals surface area contributed by atoms with Crippen LogP contribution < -0.4 is 10.1 Å². The molecule has 4 nitrogen and oxygen atoms in total. The second-order valence-corrected chi connectivity index (χ2v) is 5.89. The zero-order chi connectivity index (χ0) is 14.6. The molecule has 5 heteroatoms. The largest absolute Gasteiger partial charge is 0.493 e. The van der Waals surface area contributed by atoms with Crippen molar-refractivity contribution < 1.29 is 14.3 Å². The first-order valence-corrected chi connectivity index (χ1v) is 7.87. The van der Waals surface area contributed by atoms with Crippen molar-refractivity contribution in [2.24, 2.45) is 5.92 Å². The van der Waals surface area contributed by atoms with Crippen molar-refractivity contribution in [2.45, 2.75) is 25.4 Å². The van der Waals surface area contributed by atoms with Crippen molar-refractivity contribution in [3.8, 4) is 5.75 Å². The lowest BCUT2D eigenvalue weighted by Gasteiger charge is -2.26. The standard InChI is InChI=1S/C15H20BrNO3/c1-15(19-2,11-3-4-11)14(18)17-12-5-7-13(8-6-12)20-10-9-16/h5-8,11H,3-4,9-10H2,1-2H3,(H,17,18)/t15-/m0/s1. The molecule has 0 bridgehead atoms. The number of methoxy groups -OCH3 is 1. The van der Waals surface area contributed by atoms with Crippen LogP contribution in [0, 0.1) is 5.92 Å². The number of rotatable bonds is 7. The van der Waals surface area contributed by atoms with Crippen LogP contribution >= 0.6 is 15.9 Å². The van der Waals surface area contributed by atoms with Gasteiger partial charge in [0.15, 0.2) is 0 Å². The molecule has 0 unspecified atom stereocenters. The zero-order valence-electron chi connectivity index (χ0n) is 11.8. The molecule has 2 rings (SSSR count). The summed E-state index contributed by atoms with van der Waals surface area (Å²) in [5.41, 5.74) is 0.0237. The van der Waals surface area contributed by atoms with Crippen molar-refractivity contribution in [3.63, 3.8) is 0 Å². The lowest BCUT2D eigenvalue weighted by Crippen LogP contribution is -2.43. The van der Waals surface area contributed by atoms with Gasteiger partial charge in [-0.2, -0.15) is 0 Å². The summed E-state index contributed by atoms with van der Waals surface area (Å²) < 4.78 is 10.9. The van der Waals surface area contributed by atoms with E-state index in [1.54, 1.807) is 7.11 Å². The number of carbonyl (C=O) groups excluding carboxylic acids is 1. The number of alkyl halides is 1. The molecule has 0 radical (unpaired) electrons. The van der Waals surface area contributed by atoms with Gasteiger partial charge in [-0.15, -0.1) is 0 Å². The quantitative estimate of drug-likeness (QED) is 0.774. The van der Waals surface area contributed by atoms with Crippen LogP contribution in [0.1, 0.15) is 19.8 Å². The number of anilines is 1. The maximum absolute atomic E-state index is 12.3. The number of amides is 1. The molecule has 1 N–H and O–H groups in total. The number of hydrogen-bond acceptors (Lipinski definition) is 3. The van der Waals surface area contributed by atoms with Crippen molar-refractivity contribution in [2.75, 3.05) is 24.4 Å². The molecule has 0 aliphatic heterocycles. The van der Waals surface area contributed by atoms with E-state index in [0.29, 0.717) is 12.5 Å². The van der Waals surface area contributed by atoms with E-state index >= 15 is 0 Å². The number of ether oxygens (including phenoxy) is 2. The first kappa shape index (κ1) is 15.3. The van der Waals surface area contributed by atoms with Crippen molar-refractivity contribution >= 4 is 27.5 Å². The van der Waals surface area contributed by atoms with Crippen LogP contribution in [0.15, 0.2) is 24.3 Å². The van der Waals surface area contributed by atoms with Crippen LogP contribution in [0.5, 0.6) is 5.75 Å². The van der Waals surface area contributed by atoms with E-state index in [0.717, 1.165) is 29.6 Å². The Hall–Kier alpha value is -1.07. The molecular weight excluding hydrogens is 322 g/mol. The number of benzene rings is 1. The van der Waals surface area contributed by atoms with Gasteiger partial charge in [0.2, 0.25) is 0 Å². The summed E-state index contributed by atoms with van der Waals surface area (Å²) in [4.78, 5) is 12.3. The maximum Gasteiger partial charge on any atom is 0.256 e. The molecule has 0 spiro atoms. The first-order chi connectivity index (χ1) is 9.60. The minimum absolute atomic E-state index is 0.0865. The van der Waals surface area contributed by atoms with Gasteiger partial charge in [0.25, 0.3) is 5.91 Å². The van der Waals surface area contributed by atoms with Crippen LogP contribution in [0.25, 0.3) is 0 Å². The first-order valence-electron chi connectivity index (χ1n) is 6.75. The topological polar surface area (TPSA) is 47.6 Å². The molecule has 0 heterocycles. The predicted octanol–water partition coefficient (Wildman–Crippen LogP) is 3.21. The third-order valence-corrected chi connectivity index (χ3v) is 4.01. The zero-order valence-corrected chi connectivity index (χ0v) is 13.4. The molecule has 1 aliphatic rings. The third kappa shape index (κ3) is 3.52. The lowest BCUT2D eigenvalue weighted by molar-refractivity contribution is -0.138. The molecule has 1 fully saturated rings. The maximum atomic E-state index is 12.3. The molecule has 0 aromatic heterocycles. The molecule has 110 valence electrons. The highest BCUT2D eigenvalue weighted by molar-refractivity contribution is 9.09. The van der Waals surface area contributed by atoms with Gasteiger partial charge in [0.05, 0.1) is 6.61 Å². The summed E-state index contributed by atoms with van der Waals surface area (Å²) in [6.45, 7) is 2.47. The average molecular weight is 342 g/mol. The second-order valence-electron chi connectivity index (χ2n) is 5.10. The Morgan fingerprint density at radius 2 is 2.05 bits per heavy atom. The van der Waals surface area contributed by atoms with Crippen molar-refractivity contribution in [1.29, 1.82) is 0 Å². The fraction of sp³-hybridized carbons (Fsp3) is 0.533. The highest BCUT2D eigenvalue weighted by Gasteiger charge is 2.47. The molecule has 1 amide bonds. The second kappa shape index (κ2) is 6.59. The smallest absolute Gasteiger partial charge is 0.256 e. The highest BCUT2D eigenvalue weighted by atomic mass is 79.9. The monoisotopic (exact) mass is 341 g/mol. The summed E-state index contributed by atoms with van der Waals surface area (Å²) >= 11 is 3.31. The summed E-state index contributed by atoms with van der Waals surface area (Å²) in [5.74, 6) is 1.03. The number of hydrogen-bond donors (Lipinski definition) is 1. The Labute approximate surface area is 128 Å². The van der Waals surface area contributed by atoms with Gasteiger partial charge in [-0.05, 0) is 49.9 Å².